The number of ketones is 1. The van der Waals surface area contributed by atoms with E-state index in [9.17, 15) is 14.0 Å². The van der Waals surface area contributed by atoms with Crippen molar-refractivity contribution in [3.8, 4) is 5.75 Å². The summed E-state index contributed by atoms with van der Waals surface area (Å²) < 4.78 is 19.5. The monoisotopic (exact) mass is 406 g/mol. The van der Waals surface area contributed by atoms with Crippen molar-refractivity contribution in [2.45, 2.75) is 32.1 Å². The Kier molecular flexibility index (Phi) is 5.40. The molecule has 6 heteroatoms. The number of hydrogen-bond acceptors (Lipinski definition) is 4. The van der Waals surface area contributed by atoms with Gasteiger partial charge in [0.15, 0.2) is 5.78 Å². The molecule has 0 aromatic heterocycles. The van der Waals surface area contributed by atoms with E-state index in [-0.39, 0.29) is 11.5 Å². The summed E-state index contributed by atoms with van der Waals surface area (Å²) in [4.78, 5) is 26.2. The van der Waals surface area contributed by atoms with Crippen LogP contribution < -0.4 is 15.4 Å². The van der Waals surface area contributed by atoms with Crippen molar-refractivity contribution < 1.29 is 18.7 Å². The second kappa shape index (κ2) is 8.14. The normalized spacial score (nSPS) is 18.6. The van der Waals surface area contributed by atoms with E-state index in [0.29, 0.717) is 29.0 Å². The Labute approximate surface area is 174 Å². The van der Waals surface area contributed by atoms with E-state index in [2.05, 4.69) is 10.6 Å². The van der Waals surface area contributed by atoms with Gasteiger partial charge in [-0.3, -0.25) is 9.59 Å². The zero-order valence-electron chi connectivity index (χ0n) is 16.9. The van der Waals surface area contributed by atoms with Crippen molar-refractivity contribution in [2.75, 3.05) is 12.4 Å². The van der Waals surface area contributed by atoms with Crippen molar-refractivity contribution in [3.63, 3.8) is 0 Å². The first-order chi connectivity index (χ1) is 14.5. The van der Waals surface area contributed by atoms with E-state index in [1.807, 2.05) is 31.2 Å². The maximum atomic E-state index is 14.1. The zero-order valence-corrected chi connectivity index (χ0v) is 16.9. The molecule has 5 nitrogen and oxygen atoms in total. The highest BCUT2D eigenvalue weighted by molar-refractivity contribution is 6.09. The summed E-state index contributed by atoms with van der Waals surface area (Å²) >= 11 is 0. The summed E-state index contributed by atoms with van der Waals surface area (Å²) in [6, 6.07) is 13.4. The molecule has 30 heavy (non-hydrogen) atoms. The van der Waals surface area contributed by atoms with Crippen molar-refractivity contribution >= 4 is 17.4 Å². The second-order valence-electron chi connectivity index (χ2n) is 7.48. The third-order valence-electron chi connectivity index (χ3n) is 5.57. The number of amides is 1. The van der Waals surface area contributed by atoms with Crippen molar-refractivity contribution in [2.24, 2.45) is 0 Å². The van der Waals surface area contributed by atoms with Gasteiger partial charge in [0, 0.05) is 34.9 Å². The predicted octanol–water partition coefficient (Wildman–Crippen LogP) is 4.44. The highest BCUT2D eigenvalue weighted by atomic mass is 19.1. The van der Waals surface area contributed by atoms with Crippen molar-refractivity contribution in [3.05, 3.63) is 82.5 Å². The summed E-state index contributed by atoms with van der Waals surface area (Å²) in [5.41, 5.74) is 3.42. The lowest BCUT2D eigenvalue weighted by molar-refractivity contribution is -0.116. The van der Waals surface area contributed by atoms with Gasteiger partial charge in [-0.1, -0.05) is 24.3 Å². The number of nitrogens with one attached hydrogen (secondary N) is 2. The standard InChI is InChI=1S/C24H23FN2O3/c1-14-21(24(29)27-18-10-4-3-9-17(18)25)22(15-7-5-8-16(13-15)30-2)23-19(26-14)11-6-12-20(23)28/h3-5,7-10,13,22,26H,6,11-12H2,1-2H3,(H,27,29). The molecule has 1 unspecified atom stereocenters. The number of rotatable bonds is 4. The van der Waals surface area contributed by atoms with Crippen LogP contribution in [-0.4, -0.2) is 18.8 Å². The molecule has 0 spiro atoms. The number of methoxy groups -OCH3 is 1. The molecule has 0 radical (unpaired) electrons. The molecule has 0 saturated carbocycles. The van der Waals surface area contributed by atoms with Crippen LogP contribution in [0.4, 0.5) is 10.1 Å². The van der Waals surface area contributed by atoms with Gasteiger partial charge in [-0.2, -0.15) is 0 Å². The molecule has 1 atom stereocenters. The van der Waals surface area contributed by atoms with Crippen LogP contribution in [-0.2, 0) is 9.59 Å². The lowest BCUT2D eigenvalue weighted by atomic mass is 9.75. The van der Waals surface area contributed by atoms with E-state index >= 15 is 0 Å². The minimum Gasteiger partial charge on any atom is -0.497 e. The SMILES string of the molecule is COc1cccc(C2C(C(=O)Nc3ccccc3F)=C(C)NC3=C2C(=O)CCC3)c1. The van der Waals surface area contributed by atoms with Gasteiger partial charge in [-0.05, 0) is 49.6 Å². The molecule has 2 aliphatic rings. The first kappa shape index (κ1) is 19.9. The van der Waals surface area contributed by atoms with Gasteiger partial charge < -0.3 is 15.4 Å². The minimum atomic E-state index is -0.545. The van der Waals surface area contributed by atoms with E-state index in [0.717, 1.165) is 24.1 Å². The number of dihydropyridines is 1. The zero-order chi connectivity index (χ0) is 21.3. The van der Waals surface area contributed by atoms with E-state index in [4.69, 9.17) is 4.74 Å². The molecule has 2 N–H and O–H groups in total. The van der Waals surface area contributed by atoms with Crippen LogP contribution in [0, 0.1) is 5.82 Å². The molecule has 1 aliphatic carbocycles. The summed E-state index contributed by atoms with van der Waals surface area (Å²) in [6.07, 6.45) is 1.98. The number of anilines is 1. The quantitative estimate of drug-likeness (QED) is 0.788. The molecule has 1 heterocycles. The second-order valence-corrected chi connectivity index (χ2v) is 7.48. The summed E-state index contributed by atoms with van der Waals surface area (Å²) in [6.45, 7) is 1.81. The number of benzene rings is 2. The van der Waals surface area contributed by atoms with Gasteiger partial charge in [0.25, 0.3) is 5.91 Å². The van der Waals surface area contributed by atoms with Crippen molar-refractivity contribution in [1.82, 2.24) is 5.32 Å². The van der Waals surface area contributed by atoms with Crippen molar-refractivity contribution in [1.29, 1.82) is 0 Å². The summed E-state index contributed by atoms with van der Waals surface area (Å²) in [5.74, 6) is -0.832. The van der Waals surface area contributed by atoms with Gasteiger partial charge in [0.05, 0.1) is 12.8 Å². The average Bonchev–Trinajstić information content (AvgIpc) is 2.74. The Balaban J connectivity index is 1.81. The minimum absolute atomic E-state index is 0.0280. The third-order valence-corrected chi connectivity index (χ3v) is 5.57. The highest BCUT2D eigenvalue weighted by Crippen LogP contribution is 2.43. The Hall–Kier alpha value is -3.41. The van der Waals surface area contributed by atoms with Crippen LogP contribution in [0.15, 0.2) is 71.1 Å². The van der Waals surface area contributed by atoms with Gasteiger partial charge in [-0.25, -0.2) is 4.39 Å². The van der Waals surface area contributed by atoms with Crippen LogP contribution in [0.5, 0.6) is 5.75 Å². The van der Waals surface area contributed by atoms with Crippen LogP contribution >= 0.6 is 0 Å². The molecule has 2 aromatic carbocycles. The molecule has 1 aliphatic heterocycles. The molecule has 0 bridgehead atoms. The first-order valence-electron chi connectivity index (χ1n) is 9.93. The van der Waals surface area contributed by atoms with E-state index in [1.165, 1.54) is 12.1 Å². The maximum absolute atomic E-state index is 14.1. The van der Waals surface area contributed by atoms with Gasteiger partial charge in [-0.15, -0.1) is 0 Å². The lowest BCUT2D eigenvalue weighted by Crippen LogP contribution is -2.35. The van der Waals surface area contributed by atoms with E-state index in [1.54, 1.807) is 19.2 Å². The largest absolute Gasteiger partial charge is 0.497 e. The van der Waals surface area contributed by atoms with Crippen LogP contribution in [0.1, 0.15) is 37.7 Å². The third kappa shape index (κ3) is 3.61. The fraction of sp³-hybridized carbons (Fsp3) is 0.250. The number of para-hydroxylation sites is 1. The molecule has 154 valence electrons. The number of Topliss-reactive ketones (excluding diaryl/α,β-unsaturated/α-hetero) is 1. The van der Waals surface area contributed by atoms with Gasteiger partial charge in [0.2, 0.25) is 0 Å². The van der Waals surface area contributed by atoms with E-state index < -0.39 is 17.6 Å². The lowest BCUT2D eigenvalue weighted by Gasteiger charge is -2.34. The maximum Gasteiger partial charge on any atom is 0.254 e. The number of carbonyl (C=O) groups excluding carboxylic acids is 2. The highest BCUT2D eigenvalue weighted by Gasteiger charge is 2.38. The molecule has 0 fully saturated rings. The number of hydrogen-bond donors (Lipinski definition) is 2. The summed E-state index contributed by atoms with van der Waals surface area (Å²) in [7, 11) is 1.57. The molecule has 4 rings (SSSR count). The van der Waals surface area contributed by atoms with Crippen LogP contribution in [0.25, 0.3) is 0 Å². The first-order valence-corrected chi connectivity index (χ1v) is 9.93. The van der Waals surface area contributed by atoms with Gasteiger partial charge in [0.1, 0.15) is 11.6 Å². The van der Waals surface area contributed by atoms with Crippen LogP contribution in [0.3, 0.4) is 0 Å². The molecule has 0 saturated heterocycles. The fourth-order valence-corrected chi connectivity index (χ4v) is 4.19. The Bertz CT molecular complexity index is 1090. The molecular weight excluding hydrogens is 383 g/mol. The number of allylic oxidation sites excluding steroid dienone is 3. The molecule has 1 amide bonds. The number of carbonyl (C=O) groups is 2. The smallest absolute Gasteiger partial charge is 0.254 e. The topological polar surface area (TPSA) is 67.4 Å². The Morgan fingerprint density at radius 3 is 2.73 bits per heavy atom. The Morgan fingerprint density at radius 1 is 1.17 bits per heavy atom. The van der Waals surface area contributed by atoms with Crippen LogP contribution in [0.2, 0.25) is 0 Å². The number of halogens is 1. The predicted molar refractivity (Wildman–Crippen MR) is 112 cm³/mol. The number of ether oxygens (including phenoxy) is 1. The summed E-state index contributed by atoms with van der Waals surface area (Å²) in [5, 5.41) is 5.93. The molecular formula is C24H23FN2O3. The average molecular weight is 406 g/mol. The fourth-order valence-electron chi connectivity index (χ4n) is 4.19. The Morgan fingerprint density at radius 2 is 1.97 bits per heavy atom. The van der Waals surface area contributed by atoms with Gasteiger partial charge >= 0.3 is 0 Å². The molecule has 2 aromatic rings.